The number of sulfonamides is 1. The first-order chi connectivity index (χ1) is 9.88. The summed E-state index contributed by atoms with van der Waals surface area (Å²) in [4.78, 5) is -0.0276. The molecule has 1 aromatic rings. The fourth-order valence-corrected chi connectivity index (χ4v) is 4.25. The molecule has 2 rings (SSSR count). The Hall–Kier alpha value is -0.460. The number of nitrogens with one attached hydrogen (secondary N) is 1. The van der Waals surface area contributed by atoms with Gasteiger partial charge in [0.25, 0.3) is 0 Å². The minimum Gasteiger partial charge on any atom is -0.211 e. The second-order valence-electron chi connectivity index (χ2n) is 5.90. The van der Waals surface area contributed by atoms with E-state index < -0.39 is 15.8 Å². The standard InChI is InChI=1S/C15H21BrFNO2S/c1-11-3-2-4-12(9-11)7-8-18-21(19,20)13-5-6-14(16)15(17)10-13/h5-6,10-12,18H,2-4,7-9H2,1H3. The number of hydrogen-bond acceptors (Lipinski definition) is 2. The highest BCUT2D eigenvalue weighted by molar-refractivity contribution is 9.10. The van der Waals surface area contributed by atoms with Crippen LogP contribution in [0, 0.1) is 17.7 Å². The molecule has 118 valence electrons. The van der Waals surface area contributed by atoms with Gasteiger partial charge in [0.2, 0.25) is 10.0 Å². The van der Waals surface area contributed by atoms with E-state index in [4.69, 9.17) is 0 Å². The zero-order chi connectivity index (χ0) is 15.5. The molecular formula is C15H21BrFNO2S. The summed E-state index contributed by atoms with van der Waals surface area (Å²) in [6.07, 6.45) is 5.72. The third-order valence-electron chi connectivity index (χ3n) is 4.09. The predicted octanol–water partition coefficient (Wildman–Crippen LogP) is 4.08. The van der Waals surface area contributed by atoms with Crippen LogP contribution < -0.4 is 4.72 Å². The monoisotopic (exact) mass is 377 g/mol. The van der Waals surface area contributed by atoms with E-state index in [0.29, 0.717) is 12.5 Å². The van der Waals surface area contributed by atoms with Crippen molar-refractivity contribution in [3.05, 3.63) is 28.5 Å². The second-order valence-corrected chi connectivity index (χ2v) is 8.52. The zero-order valence-corrected chi connectivity index (χ0v) is 14.5. The Morgan fingerprint density at radius 2 is 2.14 bits per heavy atom. The van der Waals surface area contributed by atoms with Crippen molar-refractivity contribution in [3.63, 3.8) is 0 Å². The molecule has 1 aliphatic rings. The van der Waals surface area contributed by atoms with Crippen LogP contribution in [0.1, 0.15) is 39.0 Å². The van der Waals surface area contributed by atoms with Crippen LogP contribution in [-0.4, -0.2) is 15.0 Å². The zero-order valence-electron chi connectivity index (χ0n) is 12.1. The molecule has 2 unspecified atom stereocenters. The van der Waals surface area contributed by atoms with Crippen LogP contribution in [0.3, 0.4) is 0 Å². The van der Waals surface area contributed by atoms with Crippen molar-refractivity contribution in [2.24, 2.45) is 11.8 Å². The van der Waals surface area contributed by atoms with Crippen LogP contribution in [0.2, 0.25) is 0 Å². The molecule has 0 saturated heterocycles. The maximum absolute atomic E-state index is 13.4. The molecule has 0 radical (unpaired) electrons. The van der Waals surface area contributed by atoms with Crippen LogP contribution in [0.25, 0.3) is 0 Å². The summed E-state index contributed by atoms with van der Waals surface area (Å²) in [7, 11) is -3.62. The van der Waals surface area contributed by atoms with Crippen molar-refractivity contribution in [3.8, 4) is 0 Å². The molecule has 1 saturated carbocycles. The normalized spacial score (nSPS) is 23.2. The van der Waals surface area contributed by atoms with Crippen molar-refractivity contribution in [1.82, 2.24) is 4.72 Å². The molecule has 0 aliphatic heterocycles. The summed E-state index contributed by atoms with van der Waals surface area (Å²) in [5.74, 6) is 0.762. The van der Waals surface area contributed by atoms with Gasteiger partial charge >= 0.3 is 0 Å². The molecule has 0 bridgehead atoms. The quantitative estimate of drug-likeness (QED) is 0.839. The van der Waals surface area contributed by atoms with Crippen LogP contribution in [-0.2, 0) is 10.0 Å². The summed E-state index contributed by atoms with van der Waals surface area (Å²) >= 11 is 3.02. The van der Waals surface area contributed by atoms with Gasteiger partial charge in [-0.25, -0.2) is 17.5 Å². The molecular weight excluding hydrogens is 357 g/mol. The molecule has 3 nitrogen and oxygen atoms in total. The molecule has 21 heavy (non-hydrogen) atoms. The first-order valence-electron chi connectivity index (χ1n) is 7.33. The lowest BCUT2D eigenvalue weighted by molar-refractivity contribution is 0.271. The summed E-state index contributed by atoms with van der Waals surface area (Å²) in [5, 5.41) is 0. The van der Waals surface area contributed by atoms with E-state index in [2.05, 4.69) is 27.6 Å². The summed E-state index contributed by atoms with van der Waals surface area (Å²) in [6, 6.07) is 3.85. The molecule has 0 spiro atoms. The largest absolute Gasteiger partial charge is 0.240 e. The lowest BCUT2D eigenvalue weighted by Crippen LogP contribution is -2.27. The van der Waals surface area contributed by atoms with Crippen molar-refractivity contribution in [1.29, 1.82) is 0 Å². The van der Waals surface area contributed by atoms with E-state index >= 15 is 0 Å². The van der Waals surface area contributed by atoms with E-state index in [1.54, 1.807) is 0 Å². The average Bonchev–Trinajstić information content (AvgIpc) is 2.41. The first kappa shape index (κ1) is 16.9. The van der Waals surface area contributed by atoms with Gasteiger partial charge in [-0.2, -0.15) is 0 Å². The number of benzene rings is 1. The van der Waals surface area contributed by atoms with Gasteiger partial charge in [-0.05, 0) is 58.8 Å². The summed E-state index contributed by atoms with van der Waals surface area (Å²) in [6.45, 7) is 2.67. The van der Waals surface area contributed by atoms with Gasteiger partial charge in [-0.15, -0.1) is 0 Å². The van der Waals surface area contributed by atoms with Crippen molar-refractivity contribution < 1.29 is 12.8 Å². The van der Waals surface area contributed by atoms with Gasteiger partial charge in [-0.1, -0.05) is 26.2 Å². The highest BCUT2D eigenvalue weighted by Crippen LogP contribution is 2.30. The topological polar surface area (TPSA) is 46.2 Å². The lowest BCUT2D eigenvalue weighted by atomic mass is 9.81. The van der Waals surface area contributed by atoms with Crippen LogP contribution in [0.15, 0.2) is 27.6 Å². The maximum Gasteiger partial charge on any atom is 0.240 e. The van der Waals surface area contributed by atoms with E-state index in [0.717, 1.165) is 18.4 Å². The Kier molecular flexibility index (Phi) is 5.80. The fourth-order valence-electron chi connectivity index (χ4n) is 2.95. The highest BCUT2D eigenvalue weighted by atomic mass is 79.9. The number of halogens is 2. The second kappa shape index (κ2) is 7.20. The van der Waals surface area contributed by atoms with Crippen LogP contribution in [0.5, 0.6) is 0 Å². The fraction of sp³-hybridized carbons (Fsp3) is 0.600. The number of hydrogen-bond donors (Lipinski definition) is 1. The average molecular weight is 378 g/mol. The Bertz CT molecular complexity index is 591. The highest BCUT2D eigenvalue weighted by Gasteiger charge is 2.20. The first-order valence-corrected chi connectivity index (χ1v) is 9.61. The summed E-state index contributed by atoms with van der Waals surface area (Å²) < 4.78 is 40.5. The predicted molar refractivity (Wildman–Crippen MR) is 85.0 cm³/mol. The van der Waals surface area contributed by atoms with Crippen molar-refractivity contribution >= 4 is 26.0 Å². The van der Waals surface area contributed by atoms with Crippen LogP contribution >= 0.6 is 15.9 Å². The molecule has 0 aromatic heterocycles. The van der Waals surface area contributed by atoms with Gasteiger partial charge in [0.15, 0.2) is 0 Å². The third kappa shape index (κ3) is 4.76. The van der Waals surface area contributed by atoms with E-state index in [1.165, 1.54) is 37.8 Å². The Labute approximate surface area is 134 Å². The van der Waals surface area contributed by atoms with Crippen LogP contribution in [0.4, 0.5) is 4.39 Å². The smallest absolute Gasteiger partial charge is 0.211 e. The number of rotatable bonds is 5. The van der Waals surface area contributed by atoms with Gasteiger partial charge in [0.1, 0.15) is 5.82 Å². The van der Waals surface area contributed by atoms with Crippen molar-refractivity contribution in [2.45, 2.75) is 43.9 Å². The Morgan fingerprint density at radius 1 is 1.38 bits per heavy atom. The minimum absolute atomic E-state index is 0.0276. The minimum atomic E-state index is -3.62. The molecule has 2 atom stereocenters. The van der Waals surface area contributed by atoms with Gasteiger partial charge in [0.05, 0.1) is 9.37 Å². The molecule has 0 heterocycles. The molecule has 1 aliphatic carbocycles. The van der Waals surface area contributed by atoms with Crippen molar-refractivity contribution in [2.75, 3.05) is 6.54 Å². The lowest BCUT2D eigenvalue weighted by Gasteiger charge is -2.26. The Morgan fingerprint density at radius 3 is 2.81 bits per heavy atom. The Balaban J connectivity index is 1.90. The van der Waals surface area contributed by atoms with E-state index in [-0.39, 0.29) is 9.37 Å². The van der Waals surface area contributed by atoms with E-state index in [1.807, 2.05) is 0 Å². The van der Waals surface area contributed by atoms with Gasteiger partial charge in [0, 0.05) is 6.54 Å². The molecule has 0 amide bonds. The summed E-state index contributed by atoms with van der Waals surface area (Å²) in [5.41, 5.74) is 0. The van der Waals surface area contributed by atoms with Gasteiger partial charge < -0.3 is 0 Å². The molecule has 6 heteroatoms. The SMILES string of the molecule is CC1CCCC(CCNS(=O)(=O)c2ccc(Br)c(F)c2)C1. The third-order valence-corrected chi connectivity index (χ3v) is 6.19. The van der Waals surface area contributed by atoms with Gasteiger partial charge in [-0.3, -0.25) is 0 Å². The van der Waals surface area contributed by atoms with E-state index in [9.17, 15) is 12.8 Å². The molecule has 1 aromatic carbocycles. The molecule has 1 fully saturated rings. The maximum atomic E-state index is 13.4. The molecule has 1 N–H and O–H groups in total.